The van der Waals surface area contributed by atoms with Gasteiger partial charge in [0, 0.05) is 31.6 Å². The smallest absolute Gasteiger partial charge is 0.475 e. The third-order valence-corrected chi connectivity index (χ3v) is 5.03. The van der Waals surface area contributed by atoms with Crippen molar-refractivity contribution in [1.29, 1.82) is 0 Å². The van der Waals surface area contributed by atoms with Crippen LogP contribution in [0.5, 0.6) is 0 Å². The molecule has 32 heavy (non-hydrogen) atoms. The monoisotopic (exact) mass is 454 g/mol. The average Bonchev–Trinajstić information content (AvgIpc) is 3.39. The summed E-state index contributed by atoms with van der Waals surface area (Å²) in [5.41, 5.74) is 1.19. The molecule has 12 heteroatoms. The molecule has 0 bridgehead atoms. The molecule has 9 nitrogen and oxygen atoms in total. The molecule has 2 fully saturated rings. The van der Waals surface area contributed by atoms with Crippen molar-refractivity contribution >= 4 is 11.9 Å². The number of ether oxygens (including phenoxy) is 2. The average molecular weight is 454 g/mol. The number of halogens is 3. The number of amides is 1. The molecule has 2 aromatic rings. The highest BCUT2D eigenvalue weighted by Crippen LogP contribution is 2.36. The van der Waals surface area contributed by atoms with E-state index < -0.39 is 12.1 Å². The fourth-order valence-electron chi connectivity index (χ4n) is 3.49. The number of likely N-dealkylation sites (tertiary alicyclic amines) is 1. The third kappa shape index (κ3) is 6.20. The van der Waals surface area contributed by atoms with Crippen LogP contribution in [0.1, 0.15) is 28.9 Å². The van der Waals surface area contributed by atoms with E-state index in [0.29, 0.717) is 32.0 Å². The minimum atomic E-state index is -5.08. The number of pyridine rings is 1. The van der Waals surface area contributed by atoms with Gasteiger partial charge in [-0.25, -0.2) is 14.8 Å². The lowest BCUT2D eigenvalue weighted by Gasteiger charge is -2.23. The molecular formula is C20H21F3N4O5. The van der Waals surface area contributed by atoms with E-state index in [-0.39, 0.29) is 17.6 Å². The quantitative estimate of drug-likeness (QED) is 0.747. The van der Waals surface area contributed by atoms with Gasteiger partial charge in [-0.15, -0.1) is 0 Å². The van der Waals surface area contributed by atoms with Gasteiger partial charge >= 0.3 is 12.1 Å². The lowest BCUT2D eigenvalue weighted by Crippen LogP contribution is -2.36. The van der Waals surface area contributed by atoms with Crippen molar-refractivity contribution in [3.8, 4) is 0 Å². The van der Waals surface area contributed by atoms with Crippen LogP contribution >= 0.6 is 0 Å². The molecule has 1 N–H and O–H groups in total. The van der Waals surface area contributed by atoms with Crippen LogP contribution in [0.2, 0.25) is 0 Å². The molecule has 2 aliphatic heterocycles. The van der Waals surface area contributed by atoms with Gasteiger partial charge in [-0.3, -0.25) is 9.78 Å². The summed E-state index contributed by atoms with van der Waals surface area (Å²) in [6, 6.07) is 5.54. The summed E-state index contributed by atoms with van der Waals surface area (Å²) in [5.74, 6) is -2.82. The van der Waals surface area contributed by atoms with Gasteiger partial charge < -0.3 is 19.5 Å². The first-order valence-electron chi connectivity index (χ1n) is 9.68. The van der Waals surface area contributed by atoms with Gasteiger partial charge in [0.15, 0.2) is 0 Å². The molecule has 172 valence electrons. The van der Waals surface area contributed by atoms with E-state index in [1.807, 2.05) is 23.2 Å². The molecule has 0 unspecified atom stereocenters. The highest BCUT2D eigenvalue weighted by molar-refractivity contribution is 5.92. The summed E-state index contributed by atoms with van der Waals surface area (Å²) >= 11 is 0. The van der Waals surface area contributed by atoms with E-state index in [9.17, 15) is 18.0 Å². The number of carbonyl (C=O) groups excluding carboxylic acids is 1. The predicted molar refractivity (Wildman–Crippen MR) is 102 cm³/mol. The molecule has 2 aliphatic rings. The summed E-state index contributed by atoms with van der Waals surface area (Å²) in [6.45, 7) is 2.36. The van der Waals surface area contributed by atoms with Crippen LogP contribution in [0.15, 0.2) is 43.1 Å². The Morgan fingerprint density at radius 3 is 2.69 bits per heavy atom. The number of alkyl halides is 3. The Morgan fingerprint density at radius 1 is 1.28 bits per heavy atom. The normalized spacial score (nSPS) is 22.5. The number of hydrogen-bond donors (Lipinski definition) is 1. The van der Waals surface area contributed by atoms with Crippen LogP contribution in [0.3, 0.4) is 0 Å². The minimum Gasteiger partial charge on any atom is -0.475 e. The second-order valence-corrected chi connectivity index (χ2v) is 7.37. The van der Waals surface area contributed by atoms with E-state index in [1.165, 1.54) is 6.33 Å². The van der Waals surface area contributed by atoms with Gasteiger partial charge in [-0.2, -0.15) is 13.2 Å². The van der Waals surface area contributed by atoms with E-state index >= 15 is 0 Å². The van der Waals surface area contributed by atoms with Crippen LogP contribution < -0.4 is 0 Å². The third-order valence-electron chi connectivity index (χ3n) is 5.03. The Balaban J connectivity index is 0.000000360. The molecule has 1 amide bonds. The number of carbonyl (C=O) groups is 2. The largest absolute Gasteiger partial charge is 0.490 e. The first-order valence-corrected chi connectivity index (χ1v) is 9.68. The van der Waals surface area contributed by atoms with Gasteiger partial charge in [0.25, 0.3) is 5.91 Å². The first kappa shape index (κ1) is 23.5. The lowest BCUT2D eigenvalue weighted by atomic mass is 9.98. The molecule has 0 saturated carbocycles. The molecule has 1 spiro atoms. The molecule has 0 aliphatic carbocycles. The fraction of sp³-hybridized carbons (Fsp3) is 0.450. The first-order chi connectivity index (χ1) is 15.2. The SMILES string of the molecule is O=C(O)C(F)(F)F.O=C(c1ccncn1)N1CC[C@]2(C[C@@H](OCc3cccnc3)CO2)C1. The molecule has 0 radical (unpaired) electrons. The maximum atomic E-state index is 12.5. The maximum Gasteiger partial charge on any atom is 0.490 e. The summed E-state index contributed by atoms with van der Waals surface area (Å²) < 4.78 is 43.8. The predicted octanol–water partition coefficient (Wildman–Crippen LogP) is 2.10. The van der Waals surface area contributed by atoms with Crippen molar-refractivity contribution in [2.75, 3.05) is 19.7 Å². The molecule has 2 atom stereocenters. The van der Waals surface area contributed by atoms with Crippen LogP contribution in [-0.4, -0.2) is 74.4 Å². The Bertz CT molecular complexity index is 916. The summed E-state index contributed by atoms with van der Waals surface area (Å²) in [7, 11) is 0. The number of hydrogen-bond acceptors (Lipinski definition) is 7. The topological polar surface area (TPSA) is 115 Å². The summed E-state index contributed by atoms with van der Waals surface area (Å²) in [4.78, 5) is 35.2. The number of aliphatic carboxylic acids is 1. The molecule has 4 rings (SSSR count). The van der Waals surface area contributed by atoms with Crippen LogP contribution in [0.4, 0.5) is 13.2 Å². The maximum absolute atomic E-state index is 12.5. The summed E-state index contributed by atoms with van der Waals surface area (Å²) in [6.07, 6.45) is 3.14. The van der Waals surface area contributed by atoms with Crippen molar-refractivity contribution in [3.63, 3.8) is 0 Å². The number of carboxylic acids is 1. The Labute approximate surface area is 181 Å². The summed E-state index contributed by atoms with van der Waals surface area (Å²) in [5, 5.41) is 7.12. The van der Waals surface area contributed by atoms with Crippen molar-refractivity contribution in [2.45, 2.75) is 37.3 Å². The molecular weight excluding hydrogens is 433 g/mol. The van der Waals surface area contributed by atoms with Crippen LogP contribution in [0, 0.1) is 0 Å². The number of aromatic nitrogens is 3. The second-order valence-electron chi connectivity index (χ2n) is 7.37. The van der Waals surface area contributed by atoms with Gasteiger partial charge in [0.2, 0.25) is 0 Å². The zero-order valence-corrected chi connectivity index (χ0v) is 16.9. The van der Waals surface area contributed by atoms with E-state index in [0.717, 1.165) is 18.4 Å². The number of carboxylic acid groups (broad SMARTS) is 1. The standard InChI is InChI=1S/C18H20N4O3.C2HF3O2/c23-17(16-3-6-20-13-21-16)22-7-4-18(12-22)8-15(11-25-18)24-10-14-2-1-5-19-9-14;3-2(4,5)1(6)7/h1-3,5-6,9,13,15H,4,7-8,10-12H2;(H,6,7)/t15-,18+;/m1./s1. The van der Waals surface area contributed by atoms with Crippen LogP contribution in [-0.2, 0) is 20.9 Å². The van der Waals surface area contributed by atoms with E-state index in [1.54, 1.807) is 18.5 Å². The Hall–Kier alpha value is -3.12. The zero-order valence-electron chi connectivity index (χ0n) is 16.9. The van der Waals surface area contributed by atoms with Crippen molar-refractivity contribution in [1.82, 2.24) is 19.9 Å². The molecule has 4 heterocycles. The molecule has 0 aromatic carbocycles. The van der Waals surface area contributed by atoms with Crippen molar-refractivity contribution < 1.29 is 37.3 Å². The van der Waals surface area contributed by atoms with Gasteiger partial charge in [-0.1, -0.05) is 6.07 Å². The second kappa shape index (κ2) is 10.0. The van der Waals surface area contributed by atoms with Crippen LogP contribution in [0.25, 0.3) is 0 Å². The fourth-order valence-corrected chi connectivity index (χ4v) is 3.49. The van der Waals surface area contributed by atoms with E-state index in [2.05, 4.69) is 15.0 Å². The molecule has 2 saturated heterocycles. The number of rotatable bonds is 4. The van der Waals surface area contributed by atoms with Crippen molar-refractivity contribution in [3.05, 3.63) is 54.4 Å². The molecule has 2 aromatic heterocycles. The number of nitrogens with zero attached hydrogens (tertiary/aromatic N) is 4. The minimum absolute atomic E-state index is 0.0503. The van der Waals surface area contributed by atoms with E-state index in [4.69, 9.17) is 19.4 Å². The van der Waals surface area contributed by atoms with Gasteiger partial charge in [0.05, 0.1) is 31.5 Å². The highest BCUT2D eigenvalue weighted by Gasteiger charge is 2.47. The highest BCUT2D eigenvalue weighted by atomic mass is 19.4. The zero-order chi connectivity index (χ0) is 23.2. The van der Waals surface area contributed by atoms with Gasteiger partial charge in [0.1, 0.15) is 12.0 Å². The van der Waals surface area contributed by atoms with Gasteiger partial charge in [-0.05, 0) is 24.1 Å². The Morgan fingerprint density at radius 2 is 2.06 bits per heavy atom. The van der Waals surface area contributed by atoms with Crippen molar-refractivity contribution in [2.24, 2.45) is 0 Å². The Kier molecular flexibility index (Phi) is 7.36. The lowest BCUT2D eigenvalue weighted by molar-refractivity contribution is -0.192.